The molecule has 2 heteroatoms. The lowest BCUT2D eigenvalue weighted by molar-refractivity contribution is 1.72. The summed E-state index contributed by atoms with van der Waals surface area (Å²) in [4.78, 5) is 0. The molecular weight excluding hydrogens is 148 g/mol. The highest BCUT2D eigenvalue weighted by Crippen LogP contribution is 1.91. The van der Waals surface area contributed by atoms with Crippen molar-refractivity contribution in [3.63, 3.8) is 0 Å². The van der Waals surface area contributed by atoms with E-state index >= 15 is 0 Å². The summed E-state index contributed by atoms with van der Waals surface area (Å²) >= 11 is 3.71. The molecule has 0 aliphatic rings. The minimum Gasteiger partial charge on any atom is -0.112 e. The van der Waals surface area contributed by atoms with Gasteiger partial charge in [-0.1, -0.05) is 36.4 Å². The number of thiol groups is 1. The maximum Gasteiger partial charge on any atom is -0.00816 e. The molecule has 0 saturated heterocycles. The van der Waals surface area contributed by atoms with E-state index in [2.05, 4.69) is 11.7 Å². The normalized spacial score (nSPS) is 7.33. The van der Waals surface area contributed by atoms with E-state index in [1.54, 1.807) is 0 Å². The van der Waals surface area contributed by atoms with Crippen molar-refractivity contribution in [2.45, 2.75) is 0 Å². The van der Waals surface area contributed by atoms with Crippen LogP contribution in [-0.4, -0.2) is 6.26 Å². The van der Waals surface area contributed by atoms with Crippen LogP contribution in [0.3, 0.4) is 0 Å². The Hall–Kier alpha value is -0.0800. The molecule has 0 nitrogen and oxygen atoms in total. The highest BCUT2D eigenvalue weighted by atomic mass is 33.1. The zero-order chi connectivity index (χ0) is 6.95. The molecule has 50 valence electrons. The van der Waals surface area contributed by atoms with Crippen LogP contribution in [0, 0.1) is 0 Å². The summed E-state index contributed by atoms with van der Waals surface area (Å²) in [6, 6.07) is 12.0. The molecule has 0 heterocycles. The van der Waals surface area contributed by atoms with Crippen molar-refractivity contribution in [2.24, 2.45) is 0 Å². The SMILES string of the molecule is CSS.c1ccccc1. The number of hydrogen-bond acceptors (Lipinski definition) is 2. The van der Waals surface area contributed by atoms with Crippen molar-refractivity contribution in [3.8, 4) is 0 Å². The fourth-order valence-electron chi connectivity index (χ4n) is 0.385. The van der Waals surface area contributed by atoms with E-state index in [-0.39, 0.29) is 0 Å². The average Bonchev–Trinajstić information content (AvgIpc) is 1.93. The second kappa shape index (κ2) is 7.92. The standard InChI is InChI=1S/C6H6.CH4S2/c1-2-4-6-5-3-1;1-3-2/h1-6H;2H,1H3. The molecule has 0 radical (unpaired) electrons. The first-order valence-corrected chi connectivity index (χ1v) is 4.87. The predicted molar refractivity (Wildman–Crippen MR) is 48.9 cm³/mol. The van der Waals surface area contributed by atoms with E-state index in [0.29, 0.717) is 0 Å². The van der Waals surface area contributed by atoms with E-state index in [0.717, 1.165) is 0 Å². The largest absolute Gasteiger partial charge is 0.112 e. The fraction of sp³-hybridized carbons (Fsp3) is 0.143. The molecule has 0 fully saturated rings. The molecule has 0 aromatic heterocycles. The molecule has 1 aromatic rings. The molecule has 0 aliphatic heterocycles. The smallest absolute Gasteiger partial charge is 0.00816 e. The third kappa shape index (κ3) is 7.92. The van der Waals surface area contributed by atoms with Gasteiger partial charge in [-0.3, -0.25) is 0 Å². The van der Waals surface area contributed by atoms with E-state index in [9.17, 15) is 0 Å². The van der Waals surface area contributed by atoms with Crippen molar-refractivity contribution in [1.82, 2.24) is 0 Å². The maximum absolute atomic E-state index is 3.71. The Bertz CT molecular complexity index is 89.8. The van der Waals surface area contributed by atoms with Gasteiger partial charge in [0.2, 0.25) is 0 Å². The summed E-state index contributed by atoms with van der Waals surface area (Å²) in [5.74, 6) is 0. The third-order valence-corrected chi connectivity index (χ3v) is 0.667. The Morgan fingerprint density at radius 3 is 1.11 bits per heavy atom. The maximum atomic E-state index is 3.71. The molecular formula is C7H10S2. The van der Waals surface area contributed by atoms with Crippen LogP contribution in [0.25, 0.3) is 0 Å². The fourth-order valence-corrected chi connectivity index (χ4v) is 0.385. The molecule has 0 N–H and O–H groups in total. The minimum absolute atomic E-state index is 1.44. The number of rotatable bonds is 0. The molecule has 1 aromatic carbocycles. The minimum atomic E-state index is 1.44. The van der Waals surface area contributed by atoms with E-state index in [1.807, 2.05) is 42.7 Å². The van der Waals surface area contributed by atoms with Gasteiger partial charge in [0.1, 0.15) is 0 Å². The molecule has 0 unspecified atom stereocenters. The molecule has 0 aliphatic carbocycles. The van der Waals surface area contributed by atoms with Crippen molar-refractivity contribution < 1.29 is 0 Å². The Balaban J connectivity index is 0.000000187. The van der Waals surface area contributed by atoms with Crippen molar-refractivity contribution in [3.05, 3.63) is 36.4 Å². The van der Waals surface area contributed by atoms with Crippen molar-refractivity contribution >= 4 is 22.5 Å². The highest BCUT2D eigenvalue weighted by molar-refractivity contribution is 8.68. The van der Waals surface area contributed by atoms with Gasteiger partial charge in [0, 0.05) is 0 Å². The lowest BCUT2D eigenvalue weighted by atomic mass is 10.4. The van der Waals surface area contributed by atoms with Crippen LogP contribution in [0.15, 0.2) is 36.4 Å². The quantitative estimate of drug-likeness (QED) is 0.447. The van der Waals surface area contributed by atoms with Crippen LogP contribution in [0.1, 0.15) is 0 Å². The summed E-state index contributed by atoms with van der Waals surface area (Å²) in [7, 11) is 1.44. The first-order chi connectivity index (χ1) is 4.41. The van der Waals surface area contributed by atoms with E-state index in [4.69, 9.17) is 0 Å². The average molecular weight is 158 g/mol. The lowest BCUT2D eigenvalue weighted by Crippen LogP contribution is -1.47. The summed E-state index contributed by atoms with van der Waals surface area (Å²) in [6.07, 6.45) is 1.91. The molecule has 0 amide bonds. The molecule has 1 rings (SSSR count). The summed E-state index contributed by atoms with van der Waals surface area (Å²) in [5, 5.41) is 0. The van der Waals surface area contributed by atoms with E-state index in [1.165, 1.54) is 10.8 Å². The van der Waals surface area contributed by atoms with Gasteiger partial charge in [-0.05, 0) is 6.26 Å². The highest BCUT2D eigenvalue weighted by Gasteiger charge is 1.57. The van der Waals surface area contributed by atoms with Gasteiger partial charge in [0.15, 0.2) is 0 Å². The van der Waals surface area contributed by atoms with Gasteiger partial charge in [0.25, 0.3) is 0 Å². The zero-order valence-corrected chi connectivity index (χ0v) is 7.03. The van der Waals surface area contributed by atoms with Crippen LogP contribution < -0.4 is 0 Å². The van der Waals surface area contributed by atoms with Gasteiger partial charge in [-0.15, -0.1) is 22.5 Å². The van der Waals surface area contributed by atoms with Crippen LogP contribution >= 0.6 is 22.5 Å². The summed E-state index contributed by atoms with van der Waals surface area (Å²) in [6.45, 7) is 0. The van der Waals surface area contributed by atoms with Crippen LogP contribution in [0.4, 0.5) is 0 Å². The Morgan fingerprint density at radius 1 is 0.889 bits per heavy atom. The third-order valence-electron chi connectivity index (χ3n) is 0.667. The van der Waals surface area contributed by atoms with Crippen molar-refractivity contribution in [2.75, 3.05) is 6.26 Å². The second-order valence-corrected chi connectivity index (χ2v) is 2.80. The van der Waals surface area contributed by atoms with Crippen LogP contribution in [-0.2, 0) is 0 Å². The van der Waals surface area contributed by atoms with Gasteiger partial charge in [-0.2, -0.15) is 0 Å². The lowest BCUT2D eigenvalue weighted by Gasteiger charge is -1.69. The number of benzene rings is 1. The van der Waals surface area contributed by atoms with Gasteiger partial charge >= 0.3 is 0 Å². The van der Waals surface area contributed by atoms with Crippen LogP contribution in [0.5, 0.6) is 0 Å². The topological polar surface area (TPSA) is 0 Å². The Morgan fingerprint density at radius 2 is 1.00 bits per heavy atom. The molecule has 0 bridgehead atoms. The molecule has 0 spiro atoms. The Labute approximate surface area is 65.5 Å². The molecule has 9 heavy (non-hydrogen) atoms. The first kappa shape index (κ1) is 8.92. The zero-order valence-electron chi connectivity index (χ0n) is 5.32. The monoisotopic (exact) mass is 158 g/mol. The van der Waals surface area contributed by atoms with Crippen molar-refractivity contribution in [1.29, 1.82) is 0 Å². The second-order valence-electron chi connectivity index (χ2n) is 1.34. The molecule has 0 saturated carbocycles. The molecule has 0 atom stereocenters. The first-order valence-electron chi connectivity index (χ1n) is 2.59. The van der Waals surface area contributed by atoms with Gasteiger partial charge in [0.05, 0.1) is 0 Å². The van der Waals surface area contributed by atoms with Gasteiger partial charge < -0.3 is 0 Å². The van der Waals surface area contributed by atoms with Gasteiger partial charge in [-0.25, -0.2) is 0 Å². The number of hydrogen-bond donors (Lipinski definition) is 1. The Kier molecular flexibility index (Phi) is 7.85. The predicted octanol–water partition coefficient (Wildman–Crippen LogP) is 2.88. The van der Waals surface area contributed by atoms with E-state index < -0.39 is 0 Å². The van der Waals surface area contributed by atoms with Crippen LogP contribution in [0.2, 0.25) is 0 Å². The summed E-state index contributed by atoms with van der Waals surface area (Å²) < 4.78 is 0. The summed E-state index contributed by atoms with van der Waals surface area (Å²) in [5.41, 5.74) is 0.